The van der Waals surface area contributed by atoms with Crippen LogP contribution >= 0.6 is 15.9 Å². The predicted molar refractivity (Wildman–Crippen MR) is 77.9 cm³/mol. The summed E-state index contributed by atoms with van der Waals surface area (Å²) < 4.78 is 5.71. The summed E-state index contributed by atoms with van der Waals surface area (Å²) in [5.41, 5.74) is 0.375. The highest BCUT2D eigenvalue weighted by atomic mass is 79.9. The predicted octanol–water partition coefficient (Wildman–Crippen LogP) is 4.90. The van der Waals surface area contributed by atoms with Gasteiger partial charge in [0.15, 0.2) is 0 Å². The topological polar surface area (TPSA) is 9.23 Å². The molecule has 0 saturated heterocycles. The quantitative estimate of drug-likeness (QED) is 0.514. The molecule has 1 aromatic carbocycles. The van der Waals surface area contributed by atoms with Crippen LogP contribution in [0.3, 0.4) is 0 Å². The van der Waals surface area contributed by atoms with Gasteiger partial charge in [-0.1, -0.05) is 54.9 Å². The summed E-state index contributed by atoms with van der Waals surface area (Å²) in [7, 11) is 0. The van der Waals surface area contributed by atoms with Crippen LogP contribution in [0.1, 0.15) is 33.6 Å². The van der Waals surface area contributed by atoms with Crippen LogP contribution in [0.4, 0.5) is 0 Å². The Bertz CT molecular complexity index is 310. The normalized spacial score (nSPS) is 14.6. The molecule has 1 rings (SSSR count). The van der Waals surface area contributed by atoms with Gasteiger partial charge in [0.1, 0.15) is 5.75 Å². The molecule has 0 saturated carbocycles. The molecule has 0 spiro atoms. The molecule has 1 atom stereocenters. The zero-order valence-electron chi connectivity index (χ0n) is 11.1. The Morgan fingerprint density at radius 2 is 1.88 bits per heavy atom. The Kier molecular flexibility index (Phi) is 6.04. The molecule has 0 heterocycles. The van der Waals surface area contributed by atoms with Gasteiger partial charge in [0, 0.05) is 5.33 Å². The molecule has 0 amide bonds. The number of ether oxygens (including phenoxy) is 1. The van der Waals surface area contributed by atoms with Crippen LogP contribution in [0.2, 0.25) is 0 Å². The second-order valence-corrected chi connectivity index (χ2v) is 5.77. The van der Waals surface area contributed by atoms with Crippen molar-refractivity contribution >= 4 is 15.9 Å². The van der Waals surface area contributed by atoms with E-state index in [1.54, 1.807) is 0 Å². The molecule has 1 unspecified atom stereocenters. The van der Waals surface area contributed by atoms with Crippen molar-refractivity contribution in [1.82, 2.24) is 0 Å². The summed E-state index contributed by atoms with van der Waals surface area (Å²) in [5.74, 6) is 1.66. The standard InChI is InChI=1S/C15H23BrO/c1-13(2)15(3,12-16)10-7-11-17-14-8-5-4-6-9-14/h4-6,8-9,13H,7,10-12H2,1-3H3. The van der Waals surface area contributed by atoms with Crippen molar-refractivity contribution in [2.75, 3.05) is 11.9 Å². The maximum absolute atomic E-state index is 5.71. The Morgan fingerprint density at radius 1 is 1.24 bits per heavy atom. The highest BCUT2D eigenvalue weighted by Crippen LogP contribution is 2.34. The van der Waals surface area contributed by atoms with Gasteiger partial charge in [-0.3, -0.25) is 0 Å². The highest BCUT2D eigenvalue weighted by molar-refractivity contribution is 9.09. The Hall–Kier alpha value is -0.500. The molecule has 1 aromatic rings. The highest BCUT2D eigenvalue weighted by Gasteiger charge is 2.26. The number of hydrogen-bond donors (Lipinski definition) is 0. The van der Waals surface area contributed by atoms with E-state index in [-0.39, 0.29) is 0 Å². The zero-order chi connectivity index (χ0) is 12.7. The van der Waals surface area contributed by atoms with E-state index in [0.717, 1.165) is 24.1 Å². The average Bonchev–Trinajstić information content (AvgIpc) is 2.35. The van der Waals surface area contributed by atoms with Crippen molar-refractivity contribution in [2.45, 2.75) is 33.6 Å². The monoisotopic (exact) mass is 298 g/mol. The molecule has 0 fully saturated rings. The Labute approximate surface area is 114 Å². The van der Waals surface area contributed by atoms with E-state index < -0.39 is 0 Å². The number of benzene rings is 1. The molecular weight excluding hydrogens is 276 g/mol. The molecule has 0 radical (unpaired) electrons. The van der Waals surface area contributed by atoms with E-state index in [9.17, 15) is 0 Å². The average molecular weight is 299 g/mol. The van der Waals surface area contributed by atoms with E-state index in [2.05, 4.69) is 36.7 Å². The fraction of sp³-hybridized carbons (Fsp3) is 0.600. The fourth-order valence-corrected chi connectivity index (χ4v) is 2.62. The summed E-state index contributed by atoms with van der Waals surface area (Å²) in [5, 5.41) is 1.06. The van der Waals surface area contributed by atoms with Gasteiger partial charge >= 0.3 is 0 Å². The Balaban J connectivity index is 2.28. The van der Waals surface area contributed by atoms with E-state index in [0.29, 0.717) is 11.3 Å². The van der Waals surface area contributed by atoms with Gasteiger partial charge in [0.25, 0.3) is 0 Å². The largest absolute Gasteiger partial charge is 0.494 e. The van der Waals surface area contributed by atoms with Crippen molar-refractivity contribution in [3.05, 3.63) is 30.3 Å². The minimum Gasteiger partial charge on any atom is -0.494 e. The summed E-state index contributed by atoms with van der Waals surface area (Å²) in [6, 6.07) is 10.0. The van der Waals surface area contributed by atoms with E-state index in [4.69, 9.17) is 4.74 Å². The second-order valence-electron chi connectivity index (χ2n) is 5.21. The van der Waals surface area contributed by atoms with Gasteiger partial charge in [-0.05, 0) is 36.3 Å². The van der Waals surface area contributed by atoms with Crippen LogP contribution in [-0.4, -0.2) is 11.9 Å². The molecule has 0 bridgehead atoms. The van der Waals surface area contributed by atoms with Crippen LogP contribution in [0.25, 0.3) is 0 Å². The first kappa shape index (κ1) is 14.6. The van der Waals surface area contributed by atoms with Crippen LogP contribution in [0.15, 0.2) is 30.3 Å². The first-order valence-corrected chi connectivity index (χ1v) is 7.44. The van der Waals surface area contributed by atoms with Gasteiger partial charge < -0.3 is 4.74 Å². The smallest absolute Gasteiger partial charge is 0.119 e. The lowest BCUT2D eigenvalue weighted by molar-refractivity contribution is 0.206. The first-order valence-electron chi connectivity index (χ1n) is 6.32. The number of para-hydroxylation sites is 1. The third-order valence-electron chi connectivity index (χ3n) is 3.60. The van der Waals surface area contributed by atoms with Gasteiger partial charge in [-0.2, -0.15) is 0 Å². The van der Waals surface area contributed by atoms with E-state index in [1.807, 2.05) is 30.3 Å². The summed E-state index contributed by atoms with van der Waals surface area (Å²) >= 11 is 3.63. The van der Waals surface area contributed by atoms with Gasteiger partial charge in [0.05, 0.1) is 6.61 Å². The van der Waals surface area contributed by atoms with Crippen LogP contribution in [0, 0.1) is 11.3 Å². The molecule has 2 heteroatoms. The third kappa shape index (κ3) is 4.71. The molecule has 0 aliphatic rings. The van der Waals surface area contributed by atoms with Crippen LogP contribution in [-0.2, 0) is 0 Å². The lowest BCUT2D eigenvalue weighted by Gasteiger charge is -2.31. The van der Waals surface area contributed by atoms with Gasteiger partial charge in [-0.25, -0.2) is 0 Å². The minimum atomic E-state index is 0.375. The van der Waals surface area contributed by atoms with Crippen molar-refractivity contribution in [2.24, 2.45) is 11.3 Å². The van der Waals surface area contributed by atoms with E-state index >= 15 is 0 Å². The Morgan fingerprint density at radius 3 is 2.41 bits per heavy atom. The molecule has 0 N–H and O–H groups in total. The van der Waals surface area contributed by atoms with Crippen molar-refractivity contribution < 1.29 is 4.74 Å². The molecular formula is C15H23BrO. The number of rotatable bonds is 7. The van der Waals surface area contributed by atoms with Crippen molar-refractivity contribution in [3.63, 3.8) is 0 Å². The van der Waals surface area contributed by atoms with Gasteiger partial charge in [-0.15, -0.1) is 0 Å². The van der Waals surface area contributed by atoms with Crippen LogP contribution in [0.5, 0.6) is 5.75 Å². The van der Waals surface area contributed by atoms with Crippen molar-refractivity contribution in [3.8, 4) is 5.75 Å². The molecule has 1 nitrogen and oxygen atoms in total. The third-order valence-corrected chi connectivity index (χ3v) is 4.88. The lowest BCUT2D eigenvalue weighted by Crippen LogP contribution is -2.25. The van der Waals surface area contributed by atoms with Gasteiger partial charge in [0.2, 0.25) is 0 Å². The number of halogens is 1. The first-order chi connectivity index (χ1) is 8.08. The maximum atomic E-state index is 5.71. The summed E-state index contributed by atoms with van der Waals surface area (Å²) in [4.78, 5) is 0. The fourth-order valence-electron chi connectivity index (χ4n) is 1.69. The summed E-state index contributed by atoms with van der Waals surface area (Å²) in [6.07, 6.45) is 2.30. The minimum absolute atomic E-state index is 0.375. The molecule has 96 valence electrons. The zero-order valence-corrected chi connectivity index (χ0v) is 12.7. The van der Waals surface area contributed by atoms with Crippen molar-refractivity contribution in [1.29, 1.82) is 0 Å². The second kappa shape index (κ2) is 7.05. The lowest BCUT2D eigenvalue weighted by atomic mass is 9.77. The molecule has 0 aliphatic heterocycles. The maximum Gasteiger partial charge on any atom is 0.119 e. The molecule has 0 aromatic heterocycles. The SMILES string of the molecule is CC(C)C(C)(CBr)CCCOc1ccccc1. The molecule has 0 aliphatic carbocycles. The summed E-state index contributed by atoms with van der Waals surface area (Å²) in [6.45, 7) is 7.73. The number of hydrogen-bond acceptors (Lipinski definition) is 1. The number of alkyl halides is 1. The van der Waals surface area contributed by atoms with Crippen LogP contribution < -0.4 is 4.74 Å². The molecule has 17 heavy (non-hydrogen) atoms. The van der Waals surface area contributed by atoms with E-state index in [1.165, 1.54) is 6.42 Å².